The predicted octanol–water partition coefficient (Wildman–Crippen LogP) is 2.49. The van der Waals surface area contributed by atoms with E-state index >= 15 is 0 Å². The Kier molecular flexibility index (Phi) is 2.59. The largest absolute Gasteiger partial charge is 0.340 e. The summed E-state index contributed by atoms with van der Waals surface area (Å²) in [6.45, 7) is 3.74. The van der Waals surface area contributed by atoms with Gasteiger partial charge in [-0.25, -0.2) is 15.0 Å². The third-order valence-electron chi connectivity index (χ3n) is 2.99. The van der Waals surface area contributed by atoms with Gasteiger partial charge in [0.15, 0.2) is 0 Å². The summed E-state index contributed by atoms with van der Waals surface area (Å²) in [6.07, 6.45) is 1.52. The van der Waals surface area contributed by atoms with Gasteiger partial charge >= 0.3 is 0 Å². The van der Waals surface area contributed by atoms with Gasteiger partial charge in [-0.05, 0) is 32.0 Å². The van der Waals surface area contributed by atoms with Crippen molar-refractivity contribution in [3.63, 3.8) is 0 Å². The molecule has 1 aliphatic heterocycles. The minimum atomic E-state index is -0.170. The third-order valence-corrected chi connectivity index (χ3v) is 2.99. The number of carbonyl (C=O) groups is 1. The molecule has 1 aromatic carbocycles. The maximum absolute atomic E-state index is 11.6. The second kappa shape index (κ2) is 4.28. The molecule has 5 nitrogen and oxygen atoms in total. The van der Waals surface area contributed by atoms with Gasteiger partial charge < -0.3 is 5.32 Å². The summed E-state index contributed by atoms with van der Waals surface area (Å²) in [5.41, 5.74) is 4.05. The average molecular weight is 252 g/mol. The van der Waals surface area contributed by atoms with Crippen LogP contribution in [0.4, 0.5) is 11.5 Å². The number of hydrogen-bond donors (Lipinski definition) is 1. The van der Waals surface area contributed by atoms with Gasteiger partial charge in [-0.1, -0.05) is 0 Å². The minimum Gasteiger partial charge on any atom is -0.340 e. The number of rotatable bonds is 2. The Morgan fingerprint density at radius 2 is 1.89 bits per heavy atom. The van der Waals surface area contributed by atoms with Crippen molar-refractivity contribution in [2.45, 2.75) is 13.8 Å². The number of carbonyl (C=O) groups excluding carboxylic acids is 1. The van der Waals surface area contributed by atoms with Gasteiger partial charge in [0.25, 0.3) is 5.91 Å². The maximum Gasteiger partial charge on any atom is 0.277 e. The number of aromatic nitrogens is 2. The maximum atomic E-state index is 11.6. The first kappa shape index (κ1) is 11.5. The van der Waals surface area contributed by atoms with Crippen molar-refractivity contribution in [3.05, 3.63) is 47.4 Å². The topological polar surface area (TPSA) is 67.2 Å². The number of aryl methyl sites for hydroxylation is 1. The molecular weight excluding hydrogens is 240 g/mol. The van der Waals surface area contributed by atoms with Crippen LogP contribution < -0.4 is 5.32 Å². The van der Waals surface area contributed by atoms with Gasteiger partial charge in [-0.2, -0.15) is 0 Å². The summed E-state index contributed by atoms with van der Waals surface area (Å²) >= 11 is 0. The molecule has 2 aromatic rings. The van der Waals surface area contributed by atoms with E-state index in [0.717, 1.165) is 28.5 Å². The number of benzene rings is 1. The number of nitrogens with one attached hydrogen (secondary N) is 1. The van der Waals surface area contributed by atoms with Crippen LogP contribution in [-0.4, -0.2) is 21.6 Å². The Bertz CT molecular complexity index is 706. The summed E-state index contributed by atoms with van der Waals surface area (Å²) in [6, 6.07) is 7.41. The van der Waals surface area contributed by atoms with Gasteiger partial charge in [-0.3, -0.25) is 4.79 Å². The molecule has 0 saturated heterocycles. The highest BCUT2D eigenvalue weighted by molar-refractivity contribution is 6.20. The van der Waals surface area contributed by atoms with E-state index in [1.54, 1.807) is 6.07 Å². The van der Waals surface area contributed by atoms with Crippen LogP contribution in [0.3, 0.4) is 0 Å². The number of anilines is 2. The Morgan fingerprint density at radius 1 is 1.05 bits per heavy atom. The van der Waals surface area contributed by atoms with Gasteiger partial charge in [0, 0.05) is 28.7 Å². The molecule has 0 saturated carbocycles. The van der Waals surface area contributed by atoms with Gasteiger partial charge in [0.05, 0.1) is 5.56 Å². The molecule has 0 fully saturated rings. The molecule has 5 heteroatoms. The van der Waals surface area contributed by atoms with Gasteiger partial charge in [0.2, 0.25) is 0 Å². The van der Waals surface area contributed by atoms with Crippen molar-refractivity contribution in [2.24, 2.45) is 4.99 Å². The summed E-state index contributed by atoms with van der Waals surface area (Å²) < 4.78 is 0. The highest BCUT2D eigenvalue weighted by Gasteiger charge is 2.20. The lowest BCUT2D eigenvalue weighted by Gasteiger charge is -2.07. The summed E-state index contributed by atoms with van der Waals surface area (Å²) in [5, 5.41) is 3.19. The van der Waals surface area contributed by atoms with E-state index in [-0.39, 0.29) is 5.91 Å². The minimum absolute atomic E-state index is 0.170. The zero-order valence-corrected chi connectivity index (χ0v) is 10.6. The van der Waals surface area contributed by atoms with Crippen LogP contribution in [0.5, 0.6) is 0 Å². The molecule has 94 valence electrons. The highest BCUT2D eigenvalue weighted by atomic mass is 16.1. The molecule has 3 rings (SSSR count). The highest BCUT2D eigenvalue weighted by Crippen LogP contribution is 2.24. The van der Waals surface area contributed by atoms with E-state index in [4.69, 9.17) is 0 Å². The number of nitrogens with zero attached hydrogens (tertiary/aromatic N) is 3. The average Bonchev–Trinajstić information content (AvgIpc) is 2.65. The molecule has 0 spiro atoms. The molecule has 0 radical (unpaired) electrons. The third kappa shape index (κ3) is 2.10. The van der Waals surface area contributed by atoms with Crippen molar-refractivity contribution >= 4 is 23.1 Å². The zero-order valence-electron chi connectivity index (χ0n) is 10.6. The van der Waals surface area contributed by atoms with E-state index in [0.29, 0.717) is 5.56 Å². The first-order valence-corrected chi connectivity index (χ1v) is 5.93. The van der Waals surface area contributed by atoms with E-state index in [2.05, 4.69) is 20.3 Å². The summed E-state index contributed by atoms with van der Waals surface area (Å²) in [5.74, 6) is 0.559. The summed E-state index contributed by atoms with van der Waals surface area (Å²) in [4.78, 5) is 23.7. The lowest BCUT2D eigenvalue weighted by molar-refractivity contribution is 0.101. The molecule has 0 atom stereocenters. The second-order valence-electron chi connectivity index (χ2n) is 4.43. The monoisotopic (exact) mass is 252 g/mol. The molecule has 1 amide bonds. The van der Waals surface area contributed by atoms with Crippen molar-refractivity contribution < 1.29 is 4.79 Å². The standard InChI is InChI=1S/C14H12N4O/c1-8-5-13(16-7-15-8)18-10-3-4-11-12(6-10)9(2)17-14(11)19/h3-7H,1-2H3,(H,15,16,18). The molecule has 0 aliphatic carbocycles. The zero-order chi connectivity index (χ0) is 13.4. The van der Waals surface area contributed by atoms with Gasteiger partial charge in [0.1, 0.15) is 12.1 Å². The van der Waals surface area contributed by atoms with Crippen LogP contribution in [0, 0.1) is 6.92 Å². The molecule has 1 aromatic heterocycles. The Morgan fingerprint density at radius 3 is 2.68 bits per heavy atom. The Hall–Kier alpha value is -2.56. The lowest BCUT2D eigenvalue weighted by Crippen LogP contribution is -1.99. The predicted molar refractivity (Wildman–Crippen MR) is 73.0 cm³/mol. The van der Waals surface area contributed by atoms with Crippen molar-refractivity contribution in [2.75, 3.05) is 5.32 Å². The molecule has 0 bridgehead atoms. The Balaban J connectivity index is 1.94. The number of fused-ring (bicyclic) bond motifs is 1. The number of hydrogen-bond acceptors (Lipinski definition) is 4. The van der Waals surface area contributed by atoms with Gasteiger partial charge in [-0.15, -0.1) is 0 Å². The molecule has 0 unspecified atom stereocenters. The second-order valence-corrected chi connectivity index (χ2v) is 4.43. The normalized spacial score (nSPS) is 13.2. The molecule has 1 N–H and O–H groups in total. The summed E-state index contributed by atoms with van der Waals surface area (Å²) in [7, 11) is 0. The molecular formula is C14H12N4O. The lowest BCUT2D eigenvalue weighted by atomic mass is 10.1. The number of amides is 1. The fourth-order valence-electron chi connectivity index (χ4n) is 2.05. The Labute approximate surface area is 110 Å². The van der Waals surface area contributed by atoms with E-state index in [1.807, 2.05) is 32.0 Å². The molecule has 19 heavy (non-hydrogen) atoms. The van der Waals surface area contributed by atoms with Crippen LogP contribution >= 0.6 is 0 Å². The van der Waals surface area contributed by atoms with E-state index in [9.17, 15) is 4.79 Å². The fourth-order valence-corrected chi connectivity index (χ4v) is 2.05. The van der Waals surface area contributed by atoms with Crippen LogP contribution in [0.15, 0.2) is 35.6 Å². The van der Waals surface area contributed by atoms with E-state index in [1.165, 1.54) is 6.33 Å². The fraction of sp³-hybridized carbons (Fsp3) is 0.143. The smallest absolute Gasteiger partial charge is 0.277 e. The van der Waals surface area contributed by atoms with E-state index < -0.39 is 0 Å². The van der Waals surface area contributed by atoms with Crippen LogP contribution in [0.1, 0.15) is 28.5 Å². The molecule has 2 heterocycles. The number of aliphatic imine (C=N–C) groups is 1. The SMILES string of the molecule is CC1=NC(=O)c2ccc(Nc3cc(C)ncn3)cc21. The molecule has 1 aliphatic rings. The first-order valence-electron chi connectivity index (χ1n) is 5.93. The van der Waals surface area contributed by atoms with Crippen molar-refractivity contribution in [1.29, 1.82) is 0 Å². The van der Waals surface area contributed by atoms with Crippen LogP contribution in [-0.2, 0) is 0 Å². The van der Waals surface area contributed by atoms with Crippen LogP contribution in [0.2, 0.25) is 0 Å². The van der Waals surface area contributed by atoms with Crippen molar-refractivity contribution in [3.8, 4) is 0 Å². The first-order chi connectivity index (χ1) is 9.13. The van der Waals surface area contributed by atoms with Crippen molar-refractivity contribution in [1.82, 2.24) is 9.97 Å². The van der Waals surface area contributed by atoms with Crippen LogP contribution in [0.25, 0.3) is 0 Å². The quantitative estimate of drug-likeness (QED) is 0.891.